The van der Waals surface area contributed by atoms with E-state index in [2.05, 4.69) is 78.9 Å². The minimum absolute atomic E-state index is 0.646. The van der Waals surface area contributed by atoms with E-state index in [0.29, 0.717) is 17.5 Å². The molecule has 0 fully saturated rings. The number of benzene rings is 7. The molecular weight excluding hydrogens is 583 g/mol. The Morgan fingerprint density at radius 1 is 0.413 bits per heavy atom. The molecule has 0 unspecified atom stereocenters. The largest absolute Gasteiger partial charge is 0.456 e. The van der Waals surface area contributed by atoms with Gasteiger partial charge in [-0.1, -0.05) is 103 Å². The van der Waals surface area contributed by atoms with Crippen LogP contribution in [0.3, 0.4) is 0 Å². The van der Waals surface area contributed by atoms with E-state index < -0.39 is 0 Å². The smallest absolute Gasteiger partial charge is 0.164 e. The van der Waals surface area contributed by atoms with Crippen molar-refractivity contribution < 1.29 is 4.74 Å². The predicted molar refractivity (Wildman–Crippen MR) is 190 cm³/mol. The van der Waals surface area contributed by atoms with Crippen LogP contribution in [0.15, 0.2) is 140 Å². The lowest BCUT2D eigenvalue weighted by molar-refractivity contribution is 0.493. The monoisotopic (exact) mass is 605 g/mol. The Balaban J connectivity index is 1.27. The third-order valence-corrected chi connectivity index (χ3v) is 9.98. The molecule has 0 aliphatic carbocycles. The van der Waals surface area contributed by atoms with Crippen LogP contribution in [0.2, 0.25) is 0 Å². The second kappa shape index (κ2) is 9.80. The maximum atomic E-state index is 6.49. The second-order valence-corrected chi connectivity index (χ2v) is 12.7. The molecule has 1 aliphatic heterocycles. The molecule has 214 valence electrons. The van der Waals surface area contributed by atoms with E-state index in [1.165, 1.54) is 30.9 Å². The third kappa shape index (κ3) is 3.82. The predicted octanol–water partition coefficient (Wildman–Crippen LogP) is 11.3. The highest BCUT2D eigenvalue weighted by Gasteiger charge is 2.24. The van der Waals surface area contributed by atoms with Crippen molar-refractivity contribution in [3.8, 4) is 56.8 Å². The number of nitrogens with zero attached hydrogens (tertiary/aromatic N) is 3. The lowest BCUT2D eigenvalue weighted by Gasteiger charge is -2.19. The Bertz CT molecular complexity index is 2610. The fourth-order valence-corrected chi connectivity index (χ4v) is 7.99. The molecule has 0 radical (unpaired) electrons. The molecule has 0 N–H and O–H groups in total. The molecule has 0 saturated heterocycles. The van der Waals surface area contributed by atoms with Crippen molar-refractivity contribution in [3.05, 3.63) is 140 Å². The van der Waals surface area contributed by atoms with E-state index in [4.69, 9.17) is 19.7 Å². The van der Waals surface area contributed by atoms with Crippen LogP contribution in [0.5, 0.6) is 11.5 Å². The Kier molecular flexibility index (Phi) is 5.41. The van der Waals surface area contributed by atoms with Crippen LogP contribution in [-0.2, 0) is 0 Å². The Labute approximate surface area is 268 Å². The van der Waals surface area contributed by atoms with E-state index >= 15 is 0 Å². The van der Waals surface area contributed by atoms with Gasteiger partial charge >= 0.3 is 0 Å². The van der Waals surface area contributed by atoms with E-state index in [0.717, 1.165) is 50.1 Å². The van der Waals surface area contributed by atoms with E-state index in [1.54, 1.807) is 0 Å². The number of rotatable bonds is 4. The molecule has 10 rings (SSSR count). The van der Waals surface area contributed by atoms with Crippen molar-refractivity contribution in [2.75, 3.05) is 0 Å². The van der Waals surface area contributed by atoms with Crippen molar-refractivity contribution in [3.63, 3.8) is 0 Å². The standard InChI is InChI=1S/C41H23N3OS/c1-3-11-24(12-4-1)39-42-40(25-13-5-2-6-14-25)44-41(43-39)31-22-27(21-26-15-7-8-16-28(26)31)30-23-35-38-36-29(30)17-9-18-32(36)45-33-19-10-20-34(46-35)37(33)38/h1-23H. The van der Waals surface area contributed by atoms with Crippen molar-refractivity contribution in [1.82, 2.24) is 15.0 Å². The van der Waals surface area contributed by atoms with Crippen LogP contribution in [0.4, 0.5) is 0 Å². The van der Waals surface area contributed by atoms with Gasteiger partial charge in [-0.3, -0.25) is 0 Å². The number of hydrogen-bond donors (Lipinski definition) is 0. The molecule has 2 aromatic heterocycles. The summed E-state index contributed by atoms with van der Waals surface area (Å²) in [4.78, 5) is 15.2. The molecule has 5 heteroatoms. The average Bonchev–Trinajstić information content (AvgIpc) is 3.51. The van der Waals surface area contributed by atoms with Gasteiger partial charge in [0, 0.05) is 42.2 Å². The topological polar surface area (TPSA) is 47.9 Å². The maximum absolute atomic E-state index is 6.49. The summed E-state index contributed by atoms with van der Waals surface area (Å²) in [6.45, 7) is 0. The van der Waals surface area contributed by atoms with Gasteiger partial charge in [0.1, 0.15) is 11.5 Å². The third-order valence-electron chi connectivity index (χ3n) is 8.88. The van der Waals surface area contributed by atoms with Crippen LogP contribution in [0.25, 0.3) is 87.0 Å². The molecule has 4 nitrogen and oxygen atoms in total. The van der Waals surface area contributed by atoms with Gasteiger partial charge in [-0.05, 0) is 63.7 Å². The lowest BCUT2D eigenvalue weighted by Crippen LogP contribution is -2.01. The maximum Gasteiger partial charge on any atom is 0.164 e. The van der Waals surface area contributed by atoms with Crippen LogP contribution in [0.1, 0.15) is 0 Å². The molecule has 1 aliphatic rings. The lowest BCUT2D eigenvalue weighted by atomic mass is 9.91. The zero-order valence-corrected chi connectivity index (χ0v) is 25.3. The van der Waals surface area contributed by atoms with Gasteiger partial charge in [-0.2, -0.15) is 0 Å². The summed E-state index contributed by atoms with van der Waals surface area (Å²) >= 11 is 1.82. The van der Waals surface area contributed by atoms with Gasteiger partial charge in [0.05, 0.1) is 0 Å². The van der Waals surface area contributed by atoms with Gasteiger partial charge in [-0.25, -0.2) is 15.0 Å². The van der Waals surface area contributed by atoms with Gasteiger partial charge in [0.15, 0.2) is 17.5 Å². The van der Waals surface area contributed by atoms with Crippen LogP contribution in [-0.4, -0.2) is 15.0 Å². The zero-order valence-electron chi connectivity index (χ0n) is 24.4. The highest BCUT2D eigenvalue weighted by molar-refractivity contribution is 7.26. The quantitative estimate of drug-likeness (QED) is 0.200. The first kappa shape index (κ1) is 25.4. The summed E-state index contributed by atoms with van der Waals surface area (Å²) in [5.41, 5.74) is 5.14. The number of thiophene rings is 1. The second-order valence-electron chi connectivity index (χ2n) is 11.6. The summed E-state index contributed by atoms with van der Waals surface area (Å²) in [5, 5.41) is 7.07. The van der Waals surface area contributed by atoms with Crippen LogP contribution < -0.4 is 4.74 Å². The van der Waals surface area contributed by atoms with Crippen molar-refractivity contribution in [2.45, 2.75) is 0 Å². The Hall–Kier alpha value is -5.91. The fraction of sp³-hybridized carbons (Fsp3) is 0. The van der Waals surface area contributed by atoms with Crippen LogP contribution >= 0.6 is 11.3 Å². The number of hydrogen-bond acceptors (Lipinski definition) is 5. The average molecular weight is 606 g/mol. The Morgan fingerprint density at radius 2 is 1.04 bits per heavy atom. The first-order valence-corrected chi connectivity index (χ1v) is 16.1. The number of fused-ring (bicyclic) bond motifs is 1. The minimum atomic E-state index is 0.646. The number of ether oxygens (including phenoxy) is 1. The zero-order chi connectivity index (χ0) is 30.2. The van der Waals surface area contributed by atoms with E-state index in [1.807, 2.05) is 72.0 Å². The van der Waals surface area contributed by atoms with E-state index in [-0.39, 0.29) is 0 Å². The van der Waals surface area contributed by atoms with Crippen molar-refractivity contribution >= 4 is 53.1 Å². The highest BCUT2D eigenvalue weighted by atomic mass is 32.1. The summed E-state index contributed by atoms with van der Waals surface area (Å²) in [6.07, 6.45) is 0. The summed E-state index contributed by atoms with van der Waals surface area (Å²) in [5.74, 6) is 3.78. The van der Waals surface area contributed by atoms with Crippen molar-refractivity contribution in [1.29, 1.82) is 0 Å². The molecule has 3 heterocycles. The van der Waals surface area contributed by atoms with E-state index in [9.17, 15) is 0 Å². The number of aromatic nitrogens is 3. The molecule has 0 atom stereocenters. The van der Waals surface area contributed by atoms with Gasteiger partial charge in [-0.15, -0.1) is 11.3 Å². The van der Waals surface area contributed by atoms with Crippen LogP contribution in [0, 0.1) is 0 Å². The van der Waals surface area contributed by atoms with Gasteiger partial charge in [0.25, 0.3) is 0 Å². The molecule has 46 heavy (non-hydrogen) atoms. The normalized spacial score (nSPS) is 12.1. The molecule has 0 spiro atoms. The molecule has 0 bridgehead atoms. The molecule has 0 saturated carbocycles. The first-order valence-electron chi connectivity index (χ1n) is 15.3. The highest BCUT2D eigenvalue weighted by Crippen LogP contribution is 2.52. The fourth-order valence-electron chi connectivity index (χ4n) is 6.81. The SMILES string of the molecule is c1ccc(-c2nc(-c3ccccc3)nc(-c3cc(-c4cc5sc6cccc7c6c5c5c(cccc45)O7)cc4ccccc34)n2)cc1. The summed E-state index contributed by atoms with van der Waals surface area (Å²) < 4.78 is 8.99. The molecule has 7 aromatic carbocycles. The summed E-state index contributed by atoms with van der Waals surface area (Å²) in [7, 11) is 0. The molecule has 9 aromatic rings. The molecule has 0 amide bonds. The summed E-state index contributed by atoms with van der Waals surface area (Å²) in [6, 6.07) is 48.4. The minimum Gasteiger partial charge on any atom is -0.456 e. The van der Waals surface area contributed by atoms with Gasteiger partial charge < -0.3 is 4.74 Å². The van der Waals surface area contributed by atoms with Gasteiger partial charge in [0.2, 0.25) is 0 Å². The molecular formula is C41H23N3OS. The first-order chi connectivity index (χ1) is 22.8. The van der Waals surface area contributed by atoms with Crippen molar-refractivity contribution in [2.24, 2.45) is 0 Å². The Morgan fingerprint density at radius 3 is 1.80 bits per heavy atom.